The summed E-state index contributed by atoms with van der Waals surface area (Å²) in [7, 11) is 0. The number of hydrogen-bond acceptors (Lipinski definition) is 0. The molecule has 1 nitrogen and oxygen atoms in total. The van der Waals surface area contributed by atoms with Crippen molar-refractivity contribution in [1.82, 2.24) is 4.98 Å². The van der Waals surface area contributed by atoms with Crippen LogP contribution in [0.4, 0.5) is 0 Å². The van der Waals surface area contributed by atoms with Crippen LogP contribution in [0.3, 0.4) is 0 Å². The molecule has 0 bridgehead atoms. The van der Waals surface area contributed by atoms with E-state index in [-0.39, 0.29) is 46.5 Å². The molecule has 3 rings (SSSR count). The largest absolute Gasteiger partial charge is 4.00 e. The average molecular weight is 340 g/mol. The van der Waals surface area contributed by atoms with Crippen molar-refractivity contribution in [3.63, 3.8) is 0 Å². The van der Waals surface area contributed by atoms with E-state index in [1.807, 2.05) is 36.4 Å². The van der Waals surface area contributed by atoms with Crippen molar-refractivity contribution in [2.45, 2.75) is 13.8 Å². The predicted molar refractivity (Wildman–Crippen MR) is 72.5 cm³/mol. The molecule has 102 valence electrons. The van der Waals surface area contributed by atoms with Crippen LogP contribution in [0.15, 0.2) is 59.7 Å². The van der Waals surface area contributed by atoms with Gasteiger partial charge in [-0.2, -0.15) is 35.3 Å². The summed E-state index contributed by atoms with van der Waals surface area (Å²) in [6, 6.07) is 10.1. The number of allylic oxidation sites excluding steroid dienone is 6. The molecule has 0 amide bonds. The number of H-pyrrole nitrogens is 1. The van der Waals surface area contributed by atoms with Crippen molar-refractivity contribution >= 4 is 10.9 Å². The minimum atomic E-state index is 0. The number of benzene rings is 1. The summed E-state index contributed by atoms with van der Waals surface area (Å²) in [5.41, 5.74) is 3.71. The van der Waals surface area contributed by atoms with Crippen molar-refractivity contribution in [2.24, 2.45) is 0 Å². The monoisotopic (exact) mass is 339 g/mol. The molecule has 1 aliphatic rings. The van der Waals surface area contributed by atoms with E-state index in [1.54, 1.807) is 0 Å². The Bertz CT molecular complexity index is 549. The first-order chi connectivity index (χ1) is 8.27. The molecule has 0 atom stereocenters. The van der Waals surface area contributed by atoms with E-state index in [0.717, 1.165) is 5.52 Å². The molecule has 1 aliphatic carbocycles. The zero-order valence-electron chi connectivity index (χ0n) is 11.4. The topological polar surface area (TPSA) is 15.8 Å². The summed E-state index contributed by atoms with van der Waals surface area (Å²) in [4.78, 5) is 2.99. The quantitative estimate of drug-likeness (QED) is 0.432. The molecule has 0 unspecified atom stereocenters. The van der Waals surface area contributed by atoms with Gasteiger partial charge in [-0.05, 0) is 0 Å². The van der Waals surface area contributed by atoms with Crippen LogP contribution in [0, 0.1) is 12.3 Å². The third kappa shape index (κ3) is 6.15. The van der Waals surface area contributed by atoms with Crippen LogP contribution in [-0.4, -0.2) is 4.98 Å². The second-order valence-electron chi connectivity index (χ2n) is 4.08. The second kappa shape index (κ2) is 11.0. The zero-order chi connectivity index (χ0) is 12.1. The fraction of sp³-hybridized carbons (Fsp3) is 0.125. The van der Waals surface area contributed by atoms with E-state index in [1.165, 1.54) is 16.5 Å². The summed E-state index contributed by atoms with van der Waals surface area (Å²) in [6.07, 6.45) is 12.0. The van der Waals surface area contributed by atoms with Crippen LogP contribution in [0.25, 0.3) is 10.9 Å². The zero-order valence-corrected chi connectivity index (χ0v) is 14.4. The summed E-state index contributed by atoms with van der Waals surface area (Å²) >= 11 is 0. The Balaban J connectivity index is 0. The van der Waals surface area contributed by atoms with Gasteiger partial charge >= 0.3 is 21.7 Å². The summed E-state index contributed by atoms with van der Waals surface area (Å²) in [6.45, 7) is 4.18. The van der Waals surface area contributed by atoms with E-state index >= 15 is 0 Å². The number of para-hydroxylation sites is 1. The SMILES string of the molecule is CC(C)=C1[C-]=CC=C1.[Cl-].[Cl-].[Ti+4].[c-]1cc2ccccc2[nH]1. The van der Waals surface area contributed by atoms with Gasteiger partial charge in [0.2, 0.25) is 0 Å². The van der Waals surface area contributed by atoms with Crippen LogP contribution < -0.4 is 24.8 Å². The minimum absolute atomic E-state index is 0. The van der Waals surface area contributed by atoms with E-state index in [4.69, 9.17) is 0 Å². The molecule has 0 spiro atoms. The molecule has 1 heterocycles. The number of nitrogens with one attached hydrogen (secondary N) is 1. The molecule has 20 heavy (non-hydrogen) atoms. The Morgan fingerprint density at radius 2 is 1.80 bits per heavy atom. The maximum atomic E-state index is 3.10. The number of aromatic nitrogens is 1. The standard InChI is InChI=1S/C8H6N.C8H9.2ClH.Ti/c1-2-4-8-7(3-1)5-6-9-8;1-7(2)8-5-3-4-6-8;;;/h1-5,9H;3-5H,1-2H3;2*1H;/q2*-1;;;+4/p-2. The summed E-state index contributed by atoms with van der Waals surface area (Å²) < 4.78 is 0. The summed E-state index contributed by atoms with van der Waals surface area (Å²) in [5, 5.41) is 1.22. The smallest absolute Gasteiger partial charge is 1.00 e. The molecule has 1 aromatic carbocycles. The van der Waals surface area contributed by atoms with Crippen LogP contribution in [0.5, 0.6) is 0 Å². The van der Waals surface area contributed by atoms with Gasteiger partial charge < -0.3 is 29.8 Å². The van der Waals surface area contributed by atoms with E-state index < -0.39 is 0 Å². The molecule has 2 aromatic rings. The molecule has 4 heteroatoms. The third-order valence-corrected chi connectivity index (χ3v) is 2.53. The van der Waals surface area contributed by atoms with Gasteiger partial charge in [-0.3, -0.25) is 0 Å². The maximum absolute atomic E-state index is 3.10. The molecule has 1 N–H and O–H groups in total. The number of aromatic amines is 1. The molecule has 0 fully saturated rings. The fourth-order valence-electron chi connectivity index (χ4n) is 1.57. The average Bonchev–Trinajstić information content (AvgIpc) is 3.01. The predicted octanol–water partition coefficient (Wildman–Crippen LogP) is -1.77. The molecule has 0 aliphatic heterocycles. The van der Waals surface area contributed by atoms with Crippen molar-refractivity contribution < 1.29 is 46.5 Å². The van der Waals surface area contributed by atoms with Crippen LogP contribution in [-0.2, 0) is 21.7 Å². The van der Waals surface area contributed by atoms with Crippen molar-refractivity contribution in [3.05, 3.63) is 72.0 Å². The normalized spacial score (nSPS) is 10.8. The van der Waals surface area contributed by atoms with Crippen molar-refractivity contribution in [1.29, 1.82) is 0 Å². The first-order valence-corrected chi connectivity index (χ1v) is 5.65. The number of hydrogen-bond donors (Lipinski definition) is 1. The van der Waals surface area contributed by atoms with Crippen LogP contribution in [0.2, 0.25) is 0 Å². The Morgan fingerprint density at radius 1 is 1.10 bits per heavy atom. The van der Waals surface area contributed by atoms with Gasteiger partial charge in [-0.15, -0.1) is 35.5 Å². The van der Waals surface area contributed by atoms with Crippen molar-refractivity contribution in [3.8, 4) is 0 Å². The van der Waals surface area contributed by atoms with E-state index in [2.05, 4.69) is 43.2 Å². The van der Waals surface area contributed by atoms with Crippen LogP contribution >= 0.6 is 0 Å². The molecule has 0 radical (unpaired) electrons. The van der Waals surface area contributed by atoms with Gasteiger partial charge in [0.05, 0.1) is 0 Å². The van der Waals surface area contributed by atoms with Crippen LogP contribution in [0.1, 0.15) is 13.8 Å². The van der Waals surface area contributed by atoms with Crippen molar-refractivity contribution in [2.75, 3.05) is 0 Å². The first-order valence-electron chi connectivity index (χ1n) is 5.65. The molecule has 0 saturated carbocycles. The first kappa shape index (κ1) is 21.6. The van der Waals surface area contributed by atoms with Gasteiger partial charge in [-0.25, -0.2) is 0 Å². The van der Waals surface area contributed by atoms with Gasteiger partial charge in [0.1, 0.15) is 0 Å². The third-order valence-electron chi connectivity index (χ3n) is 2.53. The number of fused-ring (bicyclic) bond motifs is 1. The Morgan fingerprint density at radius 3 is 2.30 bits per heavy atom. The Hall–Kier alpha value is -0.726. The van der Waals surface area contributed by atoms with E-state index in [9.17, 15) is 0 Å². The fourth-order valence-corrected chi connectivity index (χ4v) is 1.57. The number of halogens is 2. The second-order valence-corrected chi connectivity index (χ2v) is 4.08. The number of rotatable bonds is 0. The summed E-state index contributed by atoms with van der Waals surface area (Å²) in [5.74, 6) is 0. The maximum Gasteiger partial charge on any atom is 4.00 e. The molecular weight excluding hydrogens is 325 g/mol. The molecule has 1 aromatic heterocycles. The Labute approximate surface area is 147 Å². The van der Waals surface area contributed by atoms with Gasteiger partial charge in [0.25, 0.3) is 0 Å². The van der Waals surface area contributed by atoms with Gasteiger partial charge in [0, 0.05) is 0 Å². The molecule has 0 saturated heterocycles. The van der Waals surface area contributed by atoms with Gasteiger partial charge in [-0.1, -0.05) is 26.0 Å². The minimum Gasteiger partial charge on any atom is -1.00 e. The molecular formula is C16H15Cl2NTi. The Kier molecular flexibility index (Phi) is 11.9. The van der Waals surface area contributed by atoms with Gasteiger partial charge in [0.15, 0.2) is 0 Å². The van der Waals surface area contributed by atoms with E-state index in [0.29, 0.717) is 0 Å².